The molecule has 0 heterocycles. The van der Waals surface area contributed by atoms with Crippen LogP contribution in [-0.4, -0.2) is 32.2 Å². The Hall–Kier alpha value is -3.17. The Balaban J connectivity index is 2.04. The molecule has 0 aromatic heterocycles. The van der Waals surface area contributed by atoms with Crippen molar-refractivity contribution in [3.63, 3.8) is 0 Å². The van der Waals surface area contributed by atoms with Crippen LogP contribution in [0.1, 0.15) is 6.92 Å². The molecule has 3 aromatic carbocycles. The highest BCUT2D eigenvalue weighted by Crippen LogP contribution is 2.29. The van der Waals surface area contributed by atoms with Crippen molar-refractivity contribution in [3.05, 3.63) is 83.3 Å². The molecular weight excluding hydrogens is 482 g/mol. The number of benzene rings is 3. The molecule has 31 heavy (non-hydrogen) atoms. The summed E-state index contributed by atoms with van der Waals surface area (Å²) in [6.07, 6.45) is 1.39. The van der Waals surface area contributed by atoms with Crippen LogP contribution in [0.5, 0.6) is 5.75 Å². The van der Waals surface area contributed by atoms with E-state index >= 15 is 0 Å². The first-order chi connectivity index (χ1) is 14.8. The SMILES string of the molecule is CC=NN(C(=O)CN(c1ccc(Br)cc1)S(=O)(=O)c1ccccc1)c1ccccc1O. The number of amides is 1. The number of hydrazone groups is 1. The third kappa shape index (κ3) is 5.12. The third-order valence-electron chi connectivity index (χ3n) is 4.30. The van der Waals surface area contributed by atoms with Crippen LogP contribution < -0.4 is 9.31 Å². The zero-order valence-corrected chi connectivity index (χ0v) is 19.0. The van der Waals surface area contributed by atoms with E-state index in [-0.39, 0.29) is 16.3 Å². The molecule has 9 heteroatoms. The van der Waals surface area contributed by atoms with E-state index in [0.29, 0.717) is 5.69 Å². The Morgan fingerprint density at radius 3 is 2.23 bits per heavy atom. The number of anilines is 2. The summed E-state index contributed by atoms with van der Waals surface area (Å²) in [6, 6.07) is 20.7. The highest BCUT2D eigenvalue weighted by atomic mass is 79.9. The summed E-state index contributed by atoms with van der Waals surface area (Å²) < 4.78 is 28.6. The standard InChI is InChI=1S/C22H20BrN3O4S/c1-2-24-26(20-10-6-7-11-21(20)27)22(28)16-25(18-14-12-17(23)13-15-18)31(29,30)19-8-4-3-5-9-19/h2-15,27H,16H2,1H3. The van der Waals surface area contributed by atoms with Crippen LogP contribution in [-0.2, 0) is 14.8 Å². The molecule has 3 rings (SSSR count). The minimum atomic E-state index is -4.05. The van der Waals surface area contributed by atoms with Crippen LogP contribution in [0.4, 0.5) is 11.4 Å². The molecule has 0 saturated carbocycles. The second-order valence-electron chi connectivity index (χ2n) is 6.37. The fraction of sp³-hybridized carbons (Fsp3) is 0.0909. The second-order valence-corrected chi connectivity index (χ2v) is 9.15. The van der Waals surface area contributed by atoms with Crippen LogP contribution in [0.25, 0.3) is 0 Å². The number of carbonyl (C=O) groups excluding carboxylic acids is 1. The number of carbonyl (C=O) groups is 1. The lowest BCUT2D eigenvalue weighted by Gasteiger charge is -2.26. The van der Waals surface area contributed by atoms with Gasteiger partial charge < -0.3 is 5.11 Å². The lowest BCUT2D eigenvalue weighted by molar-refractivity contribution is -0.117. The van der Waals surface area contributed by atoms with Gasteiger partial charge in [-0.05, 0) is 55.5 Å². The van der Waals surface area contributed by atoms with Gasteiger partial charge in [-0.1, -0.05) is 46.3 Å². The lowest BCUT2D eigenvalue weighted by atomic mass is 10.3. The molecule has 0 atom stereocenters. The van der Waals surface area contributed by atoms with Crippen molar-refractivity contribution in [3.8, 4) is 5.75 Å². The molecule has 0 radical (unpaired) electrons. The summed E-state index contributed by atoms with van der Waals surface area (Å²) in [7, 11) is -4.05. The topological polar surface area (TPSA) is 90.3 Å². The summed E-state index contributed by atoms with van der Waals surface area (Å²) in [4.78, 5) is 13.3. The summed E-state index contributed by atoms with van der Waals surface area (Å²) in [6.45, 7) is 1.10. The monoisotopic (exact) mass is 501 g/mol. The Bertz CT molecular complexity index is 1180. The molecule has 0 aliphatic carbocycles. The van der Waals surface area contributed by atoms with Crippen LogP contribution in [0.2, 0.25) is 0 Å². The quantitative estimate of drug-likeness (QED) is 0.384. The van der Waals surface area contributed by atoms with E-state index in [1.165, 1.54) is 30.5 Å². The van der Waals surface area contributed by atoms with Crippen molar-refractivity contribution in [2.45, 2.75) is 11.8 Å². The van der Waals surface area contributed by atoms with Gasteiger partial charge in [0.2, 0.25) is 0 Å². The lowest BCUT2D eigenvalue weighted by Crippen LogP contribution is -2.41. The predicted molar refractivity (Wildman–Crippen MR) is 125 cm³/mol. The van der Waals surface area contributed by atoms with E-state index in [2.05, 4.69) is 21.0 Å². The number of para-hydroxylation sites is 2. The molecule has 0 aliphatic heterocycles. The predicted octanol–water partition coefficient (Wildman–Crippen LogP) is 4.39. The van der Waals surface area contributed by atoms with E-state index in [4.69, 9.17) is 0 Å². The molecule has 1 N–H and O–H groups in total. The fourth-order valence-corrected chi connectivity index (χ4v) is 4.55. The van der Waals surface area contributed by atoms with Crippen molar-refractivity contribution in [2.75, 3.05) is 15.9 Å². The van der Waals surface area contributed by atoms with Gasteiger partial charge >= 0.3 is 0 Å². The van der Waals surface area contributed by atoms with E-state index in [0.717, 1.165) is 13.8 Å². The highest BCUT2D eigenvalue weighted by molar-refractivity contribution is 9.10. The number of rotatable bonds is 7. The van der Waals surface area contributed by atoms with Crippen LogP contribution in [0.3, 0.4) is 0 Å². The molecule has 0 unspecified atom stereocenters. The molecule has 0 aliphatic rings. The Labute approximate surface area is 189 Å². The van der Waals surface area contributed by atoms with Gasteiger partial charge in [-0.3, -0.25) is 9.10 Å². The Morgan fingerprint density at radius 2 is 1.61 bits per heavy atom. The molecule has 3 aromatic rings. The van der Waals surface area contributed by atoms with Gasteiger partial charge in [-0.2, -0.15) is 10.1 Å². The van der Waals surface area contributed by atoms with Gasteiger partial charge in [-0.25, -0.2) is 8.42 Å². The number of phenols is 1. The first-order valence-electron chi connectivity index (χ1n) is 9.27. The van der Waals surface area contributed by atoms with Crippen molar-refractivity contribution >= 4 is 49.4 Å². The number of hydrogen-bond donors (Lipinski definition) is 1. The Morgan fingerprint density at radius 1 is 1.00 bits per heavy atom. The molecular formula is C22H20BrN3O4S. The zero-order chi connectivity index (χ0) is 22.4. The summed E-state index contributed by atoms with van der Waals surface area (Å²) >= 11 is 3.33. The fourth-order valence-electron chi connectivity index (χ4n) is 2.85. The van der Waals surface area contributed by atoms with Crippen molar-refractivity contribution in [1.82, 2.24) is 0 Å². The van der Waals surface area contributed by atoms with Crippen LogP contribution in [0.15, 0.2) is 93.3 Å². The summed E-state index contributed by atoms with van der Waals surface area (Å²) in [5.41, 5.74) is 0.469. The minimum absolute atomic E-state index is 0.0545. The third-order valence-corrected chi connectivity index (χ3v) is 6.62. The van der Waals surface area contributed by atoms with E-state index in [1.54, 1.807) is 61.5 Å². The van der Waals surface area contributed by atoms with E-state index in [1.807, 2.05) is 0 Å². The smallest absolute Gasteiger partial charge is 0.268 e. The molecule has 7 nitrogen and oxygen atoms in total. The first-order valence-corrected chi connectivity index (χ1v) is 11.5. The van der Waals surface area contributed by atoms with Crippen molar-refractivity contribution in [2.24, 2.45) is 5.10 Å². The van der Waals surface area contributed by atoms with E-state index < -0.39 is 22.5 Å². The minimum Gasteiger partial charge on any atom is -0.506 e. The first kappa shape index (κ1) is 22.5. The zero-order valence-electron chi connectivity index (χ0n) is 16.6. The summed E-state index contributed by atoms with van der Waals surface area (Å²) in [5.74, 6) is -0.787. The number of nitrogens with zero attached hydrogens (tertiary/aromatic N) is 3. The molecule has 1 amide bonds. The van der Waals surface area contributed by atoms with Crippen LogP contribution in [0, 0.1) is 0 Å². The van der Waals surface area contributed by atoms with Gasteiger partial charge in [0.15, 0.2) is 0 Å². The molecule has 0 bridgehead atoms. The maximum absolute atomic E-state index is 13.4. The van der Waals surface area contributed by atoms with Gasteiger partial charge in [0.1, 0.15) is 18.0 Å². The van der Waals surface area contributed by atoms with Crippen LogP contribution >= 0.6 is 15.9 Å². The summed E-state index contributed by atoms with van der Waals surface area (Å²) in [5, 5.41) is 15.2. The molecule has 0 saturated heterocycles. The number of phenolic OH excluding ortho intramolecular Hbond substituents is 1. The van der Waals surface area contributed by atoms with Gasteiger partial charge in [0.25, 0.3) is 15.9 Å². The van der Waals surface area contributed by atoms with Crippen molar-refractivity contribution < 1.29 is 18.3 Å². The van der Waals surface area contributed by atoms with Crippen molar-refractivity contribution in [1.29, 1.82) is 0 Å². The largest absolute Gasteiger partial charge is 0.506 e. The maximum atomic E-state index is 13.4. The second kappa shape index (κ2) is 9.76. The number of halogens is 1. The number of hydrogen-bond acceptors (Lipinski definition) is 5. The normalized spacial score (nSPS) is 11.4. The highest BCUT2D eigenvalue weighted by Gasteiger charge is 2.30. The number of sulfonamides is 1. The average Bonchev–Trinajstić information content (AvgIpc) is 2.77. The van der Waals surface area contributed by atoms with Gasteiger partial charge in [0, 0.05) is 10.7 Å². The average molecular weight is 502 g/mol. The number of aromatic hydroxyl groups is 1. The Kier molecular flexibility index (Phi) is 7.09. The maximum Gasteiger partial charge on any atom is 0.268 e. The molecule has 0 fully saturated rings. The van der Waals surface area contributed by atoms with Gasteiger partial charge in [0.05, 0.1) is 10.6 Å². The molecule has 0 spiro atoms. The van der Waals surface area contributed by atoms with E-state index in [9.17, 15) is 18.3 Å². The molecule has 160 valence electrons. The van der Waals surface area contributed by atoms with Gasteiger partial charge in [-0.15, -0.1) is 0 Å².